The Morgan fingerprint density at radius 1 is 1.50 bits per heavy atom. The van der Waals surface area contributed by atoms with Crippen molar-refractivity contribution in [3.8, 4) is 0 Å². The molecule has 102 valence electrons. The van der Waals surface area contributed by atoms with E-state index in [0.29, 0.717) is 6.04 Å². The van der Waals surface area contributed by atoms with E-state index in [-0.39, 0.29) is 0 Å². The van der Waals surface area contributed by atoms with Gasteiger partial charge in [0.05, 0.1) is 5.69 Å². The summed E-state index contributed by atoms with van der Waals surface area (Å²) in [6.45, 7) is 8.21. The Labute approximate surface area is 111 Å². The molecule has 1 aromatic heterocycles. The molecule has 0 amide bonds. The maximum atomic E-state index is 5.41. The van der Waals surface area contributed by atoms with Gasteiger partial charge in [-0.25, -0.2) is 0 Å². The summed E-state index contributed by atoms with van der Waals surface area (Å²) in [6.07, 6.45) is 8.43. The lowest BCUT2D eigenvalue weighted by Gasteiger charge is -2.20. The molecule has 0 saturated carbocycles. The SMILES string of the molecule is CCOCCCC1CCc2nn(C(C)C)cc2C1. The van der Waals surface area contributed by atoms with Gasteiger partial charge in [-0.2, -0.15) is 5.10 Å². The Kier molecular flexibility index (Phi) is 4.81. The van der Waals surface area contributed by atoms with E-state index in [1.54, 1.807) is 0 Å². The first-order valence-electron chi connectivity index (χ1n) is 7.35. The molecule has 0 N–H and O–H groups in total. The van der Waals surface area contributed by atoms with Crippen molar-refractivity contribution in [1.82, 2.24) is 9.78 Å². The van der Waals surface area contributed by atoms with E-state index in [1.807, 2.05) is 0 Å². The molecule has 1 aliphatic rings. The van der Waals surface area contributed by atoms with Crippen molar-refractivity contribution in [3.63, 3.8) is 0 Å². The van der Waals surface area contributed by atoms with E-state index in [2.05, 4.69) is 36.7 Å². The lowest BCUT2D eigenvalue weighted by atomic mass is 9.85. The van der Waals surface area contributed by atoms with Crippen molar-refractivity contribution < 1.29 is 4.74 Å². The first kappa shape index (κ1) is 13.6. The van der Waals surface area contributed by atoms with E-state index in [9.17, 15) is 0 Å². The minimum absolute atomic E-state index is 0.479. The predicted molar refractivity (Wildman–Crippen MR) is 73.9 cm³/mol. The number of hydrogen-bond donors (Lipinski definition) is 0. The van der Waals surface area contributed by atoms with Gasteiger partial charge in [-0.3, -0.25) is 4.68 Å². The van der Waals surface area contributed by atoms with Gasteiger partial charge < -0.3 is 4.74 Å². The van der Waals surface area contributed by atoms with Crippen LogP contribution < -0.4 is 0 Å². The normalized spacial score (nSPS) is 19.2. The van der Waals surface area contributed by atoms with Crippen molar-refractivity contribution >= 4 is 0 Å². The molecule has 18 heavy (non-hydrogen) atoms. The maximum absolute atomic E-state index is 5.41. The summed E-state index contributed by atoms with van der Waals surface area (Å²) < 4.78 is 7.53. The molecule has 1 atom stereocenters. The third kappa shape index (κ3) is 3.35. The molecule has 3 heteroatoms. The quantitative estimate of drug-likeness (QED) is 0.724. The first-order valence-corrected chi connectivity index (χ1v) is 7.35. The fraction of sp³-hybridized carbons (Fsp3) is 0.800. The lowest BCUT2D eigenvalue weighted by molar-refractivity contribution is 0.138. The molecule has 1 aliphatic carbocycles. The smallest absolute Gasteiger partial charge is 0.0656 e. The van der Waals surface area contributed by atoms with Gasteiger partial charge in [0, 0.05) is 25.5 Å². The van der Waals surface area contributed by atoms with Gasteiger partial charge >= 0.3 is 0 Å². The van der Waals surface area contributed by atoms with Crippen LogP contribution in [0, 0.1) is 5.92 Å². The molecule has 0 aliphatic heterocycles. The summed E-state index contributed by atoms with van der Waals surface area (Å²) in [5, 5.41) is 4.69. The first-order chi connectivity index (χ1) is 8.70. The van der Waals surface area contributed by atoms with Crippen LogP contribution in [0.3, 0.4) is 0 Å². The zero-order chi connectivity index (χ0) is 13.0. The van der Waals surface area contributed by atoms with E-state index in [4.69, 9.17) is 4.74 Å². The van der Waals surface area contributed by atoms with Crippen LogP contribution in [0.15, 0.2) is 6.20 Å². The highest BCUT2D eigenvalue weighted by Crippen LogP contribution is 2.28. The monoisotopic (exact) mass is 250 g/mol. The number of aryl methyl sites for hydroxylation is 1. The molecule has 0 bridgehead atoms. The van der Waals surface area contributed by atoms with Gasteiger partial charge in [-0.05, 0) is 64.4 Å². The standard InChI is InChI=1S/C15H26N2O/c1-4-18-9-5-6-13-7-8-15-14(10-13)11-17(16-15)12(2)3/h11-13H,4-10H2,1-3H3. The number of nitrogens with zero attached hydrogens (tertiary/aromatic N) is 2. The second-order valence-corrected chi connectivity index (χ2v) is 5.62. The summed E-state index contributed by atoms with van der Waals surface area (Å²) >= 11 is 0. The molecule has 0 spiro atoms. The van der Waals surface area contributed by atoms with Gasteiger partial charge in [-0.1, -0.05) is 0 Å². The van der Waals surface area contributed by atoms with Gasteiger partial charge in [0.1, 0.15) is 0 Å². The van der Waals surface area contributed by atoms with Crippen molar-refractivity contribution in [2.24, 2.45) is 5.92 Å². The van der Waals surface area contributed by atoms with Crippen LogP contribution in [0.5, 0.6) is 0 Å². The summed E-state index contributed by atoms with van der Waals surface area (Å²) in [4.78, 5) is 0. The average molecular weight is 250 g/mol. The molecular weight excluding hydrogens is 224 g/mol. The van der Waals surface area contributed by atoms with E-state index in [0.717, 1.165) is 25.6 Å². The number of aromatic nitrogens is 2. The second kappa shape index (κ2) is 6.37. The molecule has 0 fully saturated rings. The van der Waals surface area contributed by atoms with Crippen LogP contribution in [0.25, 0.3) is 0 Å². The summed E-state index contributed by atoms with van der Waals surface area (Å²) in [5.41, 5.74) is 2.82. The minimum atomic E-state index is 0.479. The highest BCUT2D eigenvalue weighted by molar-refractivity contribution is 5.21. The third-order valence-corrected chi connectivity index (χ3v) is 3.83. The summed E-state index contributed by atoms with van der Waals surface area (Å²) in [5.74, 6) is 0.836. The molecule has 3 nitrogen and oxygen atoms in total. The molecule has 0 radical (unpaired) electrons. The van der Waals surface area contributed by atoms with Crippen molar-refractivity contribution in [2.75, 3.05) is 13.2 Å². The molecule has 0 aromatic carbocycles. The molecular formula is C15H26N2O. The van der Waals surface area contributed by atoms with Crippen LogP contribution in [0.1, 0.15) is 57.3 Å². The predicted octanol–water partition coefficient (Wildman–Crippen LogP) is 3.39. The van der Waals surface area contributed by atoms with Gasteiger partial charge in [0.25, 0.3) is 0 Å². The summed E-state index contributed by atoms with van der Waals surface area (Å²) in [6, 6.07) is 0.479. The lowest BCUT2D eigenvalue weighted by Crippen LogP contribution is -2.14. The maximum Gasteiger partial charge on any atom is 0.0656 e. The van der Waals surface area contributed by atoms with E-state index in [1.165, 1.54) is 36.9 Å². The topological polar surface area (TPSA) is 27.1 Å². The zero-order valence-corrected chi connectivity index (χ0v) is 12.0. The summed E-state index contributed by atoms with van der Waals surface area (Å²) in [7, 11) is 0. The van der Waals surface area contributed by atoms with Crippen molar-refractivity contribution in [2.45, 2.75) is 58.9 Å². The Balaban J connectivity index is 1.85. The zero-order valence-electron chi connectivity index (χ0n) is 12.0. The number of rotatable bonds is 6. The average Bonchev–Trinajstić information content (AvgIpc) is 2.78. The highest BCUT2D eigenvalue weighted by Gasteiger charge is 2.21. The Hall–Kier alpha value is -0.830. The number of ether oxygens (including phenoxy) is 1. The molecule has 1 aromatic rings. The van der Waals surface area contributed by atoms with Crippen LogP contribution in [-0.4, -0.2) is 23.0 Å². The highest BCUT2D eigenvalue weighted by atomic mass is 16.5. The molecule has 1 heterocycles. The van der Waals surface area contributed by atoms with Crippen LogP contribution in [0.2, 0.25) is 0 Å². The minimum Gasteiger partial charge on any atom is -0.382 e. The Morgan fingerprint density at radius 2 is 2.33 bits per heavy atom. The number of fused-ring (bicyclic) bond motifs is 1. The van der Waals surface area contributed by atoms with Gasteiger partial charge in [0.2, 0.25) is 0 Å². The van der Waals surface area contributed by atoms with Gasteiger partial charge in [-0.15, -0.1) is 0 Å². The molecule has 2 rings (SSSR count). The van der Waals surface area contributed by atoms with E-state index >= 15 is 0 Å². The van der Waals surface area contributed by atoms with Crippen molar-refractivity contribution in [3.05, 3.63) is 17.5 Å². The largest absolute Gasteiger partial charge is 0.382 e. The Bertz CT molecular complexity index is 371. The Morgan fingerprint density at radius 3 is 3.06 bits per heavy atom. The molecule has 1 unspecified atom stereocenters. The fourth-order valence-corrected chi connectivity index (χ4v) is 2.73. The second-order valence-electron chi connectivity index (χ2n) is 5.62. The number of hydrogen-bond acceptors (Lipinski definition) is 2. The van der Waals surface area contributed by atoms with Crippen LogP contribution >= 0.6 is 0 Å². The van der Waals surface area contributed by atoms with Crippen LogP contribution in [-0.2, 0) is 17.6 Å². The third-order valence-electron chi connectivity index (χ3n) is 3.83. The van der Waals surface area contributed by atoms with Crippen LogP contribution in [0.4, 0.5) is 0 Å². The van der Waals surface area contributed by atoms with E-state index < -0.39 is 0 Å². The van der Waals surface area contributed by atoms with Gasteiger partial charge in [0.15, 0.2) is 0 Å². The molecule has 0 saturated heterocycles. The fourth-order valence-electron chi connectivity index (χ4n) is 2.73. The van der Waals surface area contributed by atoms with Crippen molar-refractivity contribution in [1.29, 1.82) is 0 Å².